The summed E-state index contributed by atoms with van der Waals surface area (Å²) in [4.78, 5) is 35.0. The van der Waals surface area contributed by atoms with Gasteiger partial charge in [0, 0.05) is 18.2 Å². The van der Waals surface area contributed by atoms with E-state index in [0.717, 1.165) is 5.56 Å². The molecule has 1 aromatic carbocycles. The molecule has 132 valence electrons. The van der Waals surface area contributed by atoms with Crippen molar-refractivity contribution in [3.05, 3.63) is 41.7 Å². The second-order valence-electron chi connectivity index (χ2n) is 5.39. The Bertz CT molecular complexity index is 769. The Morgan fingerprint density at radius 2 is 1.84 bits per heavy atom. The molecule has 25 heavy (non-hydrogen) atoms. The number of hydrogen-bond acceptors (Lipinski definition) is 6. The van der Waals surface area contributed by atoms with Crippen LogP contribution in [0.2, 0.25) is 0 Å². The van der Waals surface area contributed by atoms with Crippen LogP contribution in [0.25, 0.3) is 0 Å². The van der Waals surface area contributed by atoms with E-state index in [4.69, 9.17) is 9.26 Å². The first-order valence-corrected chi connectivity index (χ1v) is 7.68. The van der Waals surface area contributed by atoms with Crippen LogP contribution in [0.3, 0.4) is 0 Å². The smallest absolute Gasteiger partial charge is 0.306 e. The summed E-state index contributed by atoms with van der Waals surface area (Å²) in [6, 6.07) is 8.87. The van der Waals surface area contributed by atoms with E-state index in [2.05, 4.69) is 15.8 Å². The highest BCUT2D eigenvalue weighted by molar-refractivity contribution is 5.94. The van der Waals surface area contributed by atoms with Crippen molar-refractivity contribution in [3.8, 4) is 0 Å². The molecular weight excluding hydrogens is 326 g/mol. The van der Waals surface area contributed by atoms with Gasteiger partial charge in [-0.3, -0.25) is 14.4 Å². The van der Waals surface area contributed by atoms with E-state index in [1.165, 1.54) is 6.07 Å². The van der Waals surface area contributed by atoms with Crippen LogP contribution in [0.15, 0.2) is 34.9 Å². The maximum atomic E-state index is 11.8. The topological polar surface area (TPSA) is 111 Å². The highest BCUT2D eigenvalue weighted by Gasteiger charge is 2.12. The van der Waals surface area contributed by atoms with Crippen molar-refractivity contribution in [1.29, 1.82) is 0 Å². The molecular formula is C17H19N3O5. The van der Waals surface area contributed by atoms with E-state index in [-0.39, 0.29) is 24.6 Å². The van der Waals surface area contributed by atoms with Crippen molar-refractivity contribution in [2.45, 2.75) is 26.7 Å². The molecule has 0 fully saturated rings. The normalized spacial score (nSPS) is 10.2. The van der Waals surface area contributed by atoms with Crippen molar-refractivity contribution in [2.75, 3.05) is 17.2 Å². The van der Waals surface area contributed by atoms with Crippen LogP contribution >= 0.6 is 0 Å². The number of rotatable bonds is 7. The largest absolute Gasteiger partial charge is 0.456 e. The molecule has 0 saturated carbocycles. The van der Waals surface area contributed by atoms with Crippen LogP contribution in [0, 0.1) is 13.8 Å². The molecule has 1 aromatic heterocycles. The third kappa shape index (κ3) is 6.09. The maximum absolute atomic E-state index is 11.8. The predicted octanol–water partition coefficient (Wildman–Crippen LogP) is 2.19. The van der Waals surface area contributed by atoms with Crippen molar-refractivity contribution < 1.29 is 23.6 Å². The molecule has 0 spiro atoms. The van der Waals surface area contributed by atoms with Crippen molar-refractivity contribution in [3.63, 3.8) is 0 Å². The van der Waals surface area contributed by atoms with E-state index < -0.39 is 18.5 Å². The predicted molar refractivity (Wildman–Crippen MR) is 89.9 cm³/mol. The Kier molecular flexibility index (Phi) is 6.27. The molecule has 2 N–H and O–H groups in total. The third-order valence-corrected chi connectivity index (χ3v) is 3.24. The first-order valence-electron chi connectivity index (χ1n) is 7.68. The molecule has 0 aliphatic carbocycles. The first-order chi connectivity index (χ1) is 11.9. The molecule has 2 aromatic rings. The minimum atomic E-state index is -0.633. The van der Waals surface area contributed by atoms with E-state index in [0.29, 0.717) is 11.4 Å². The number of para-hydroxylation sites is 1. The Morgan fingerprint density at radius 1 is 1.08 bits per heavy atom. The van der Waals surface area contributed by atoms with E-state index in [9.17, 15) is 14.4 Å². The number of carbonyl (C=O) groups excluding carboxylic acids is 3. The fourth-order valence-corrected chi connectivity index (χ4v) is 1.96. The number of hydrogen-bond donors (Lipinski definition) is 2. The number of anilines is 2. The van der Waals surface area contributed by atoms with Gasteiger partial charge in [-0.25, -0.2) is 0 Å². The summed E-state index contributed by atoms with van der Waals surface area (Å²) in [6.07, 6.45) is -0.147. The molecule has 1 heterocycles. The van der Waals surface area contributed by atoms with Gasteiger partial charge < -0.3 is 19.9 Å². The van der Waals surface area contributed by atoms with Gasteiger partial charge in [0.1, 0.15) is 5.76 Å². The van der Waals surface area contributed by atoms with Gasteiger partial charge in [-0.05, 0) is 25.5 Å². The minimum Gasteiger partial charge on any atom is -0.456 e. The van der Waals surface area contributed by atoms with Gasteiger partial charge in [-0.2, -0.15) is 0 Å². The Labute approximate surface area is 144 Å². The molecule has 0 aliphatic heterocycles. The number of aromatic nitrogens is 1. The fraction of sp³-hybridized carbons (Fsp3) is 0.294. The summed E-state index contributed by atoms with van der Waals surface area (Å²) in [7, 11) is 0. The maximum Gasteiger partial charge on any atom is 0.306 e. The SMILES string of the molecule is Cc1cc(NC(=O)COC(=O)CCC(=O)Nc2ccccc2C)no1. The zero-order chi connectivity index (χ0) is 18.2. The number of carbonyl (C=O) groups is 3. The number of nitrogens with zero attached hydrogens (tertiary/aromatic N) is 1. The van der Waals surface area contributed by atoms with Crippen LogP contribution in [-0.4, -0.2) is 29.5 Å². The van der Waals surface area contributed by atoms with Crippen LogP contribution in [0.5, 0.6) is 0 Å². The minimum absolute atomic E-state index is 0.0305. The molecule has 0 bridgehead atoms. The van der Waals surface area contributed by atoms with Crippen molar-refractivity contribution in [1.82, 2.24) is 5.16 Å². The lowest BCUT2D eigenvalue weighted by Crippen LogP contribution is -2.22. The summed E-state index contributed by atoms with van der Waals surface area (Å²) in [5.74, 6) is -0.672. The highest BCUT2D eigenvalue weighted by Crippen LogP contribution is 2.13. The lowest BCUT2D eigenvalue weighted by atomic mass is 10.2. The molecule has 0 aliphatic rings. The van der Waals surface area contributed by atoms with Gasteiger partial charge >= 0.3 is 5.97 Å². The summed E-state index contributed by atoms with van der Waals surface area (Å²) in [6.45, 7) is 3.10. The number of amides is 2. The second-order valence-corrected chi connectivity index (χ2v) is 5.39. The van der Waals surface area contributed by atoms with Crippen LogP contribution in [0.4, 0.5) is 11.5 Å². The average Bonchev–Trinajstić information content (AvgIpc) is 2.98. The quantitative estimate of drug-likeness (QED) is 0.744. The zero-order valence-corrected chi connectivity index (χ0v) is 14.0. The zero-order valence-electron chi connectivity index (χ0n) is 14.0. The van der Waals surface area contributed by atoms with E-state index in [1.807, 2.05) is 25.1 Å². The van der Waals surface area contributed by atoms with Gasteiger partial charge in [-0.1, -0.05) is 23.4 Å². The summed E-state index contributed by atoms with van der Waals surface area (Å²) < 4.78 is 9.61. The Morgan fingerprint density at radius 3 is 2.52 bits per heavy atom. The average molecular weight is 345 g/mol. The van der Waals surface area contributed by atoms with Crippen LogP contribution < -0.4 is 10.6 Å². The van der Waals surface area contributed by atoms with E-state index >= 15 is 0 Å². The number of esters is 1. The lowest BCUT2D eigenvalue weighted by molar-refractivity contribution is -0.147. The summed E-state index contributed by atoms with van der Waals surface area (Å²) in [5.41, 5.74) is 1.63. The number of benzene rings is 1. The van der Waals surface area contributed by atoms with Crippen LogP contribution in [0.1, 0.15) is 24.2 Å². The molecule has 8 heteroatoms. The monoisotopic (exact) mass is 345 g/mol. The van der Waals surface area contributed by atoms with Gasteiger partial charge in [0.05, 0.1) is 6.42 Å². The Balaban J connectivity index is 1.67. The molecule has 0 unspecified atom stereocenters. The standard InChI is InChI=1S/C17H19N3O5/c1-11-5-3-4-6-13(11)18-15(21)7-8-17(23)24-10-16(22)19-14-9-12(2)25-20-14/h3-6,9H,7-8,10H2,1-2H3,(H,18,21)(H,19,20,22). The first kappa shape index (κ1) is 18.2. The van der Waals surface area contributed by atoms with Gasteiger partial charge in [0.25, 0.3) is 5.91 Å². The van der Waals surface area contributed by atoms with Crippen LogP contribution in [-0.2, 0) is 19.1 Å². The molecule has 2 rings (SSSR count). The number of aryl methyl sites for hydroxylation is 2. The summed E-state index contributed by atoms with van der Waals surface area (Å²) >= 11 is 0. The molecule has 0 saturated heterocycles. The second kappa shape index (κ2) is 8.62. The van der Waals surface area contributed by atoms with Gasteiger partial charge in [-0.15, -0.1) is 0 Å². The summed E-state index contributed by atoms with van der Waals surface area (Å²) in [5, 5.41) is 8.73. The van der Waals surface area contributed by atoms with Gasteiger partial charge in [0.2, 0.25) is 5.91 Å². The lowest BCUT2D eigenvalue weighted by Gasteiger charge is -2.08. The number of ether oxygens (including phenoxy) is 1. The van der Waals surface area contributed by atoms with Gasteiger partial charge in [0.15, 0.2) is 12.4 Å². The fourth-order valence-electron chi connectivity index (χ4n) is 1.96. The van der Waals surface area contributed by atoms with Crippen molar-refractivity contribution in [2.24, 2.45) is 0 Å². The highest BCUT2D eigenvalue weighted by atomic mass is 16.5. The van der Waals surface area contributed by atoms with Crippen molar-refractivity contribution >= 4 is 29.3 Å². The molecule has 0 atom stereocenters. The Hall–Kier alpha value is -3.16. The third-order valence-electron chi connectivity index (χ3n) is 3.24. The van der Waals surface area contributed by atoms with E-state index in [1.54, 1.807) is 13.0 Å². The molecule has 8 nitrogen and oxygen atoms in total. The molecule has 2 amide bonds. The number of nitrogens with one attached hydrogen (secondary N) is 2. The molecule has 0 radical (unpaired) electrons.